The van der Waals surface area contributed by atoms with Gasteiger partial charge in [0.05, 0.1) is 27.6 Å². The number of rotatable bonds is 6. The Hall–Kier alpha value is -2.65. The van der Waals surface area contributed by atoms with Crippen LogP contribution >= 0.6 is 11.6 Å². The first kappa shape index (κ1) is 18.7. The normalized spacial score (nSPS) is 11.0. The summed E-state index contributed by atoms with van der Waals surface area (Å²) in [7, 11) is -3.07. The number of benzene rings is 2. The number of carbonyl (C=O) groups excluding carboxylic acids is 1. The van der Waals surface area contributed by atoms with E-state index in [4.69, 9.17) is 11.6 Å². The molecule has 25 heavy (non-hydrogen) atoms. The first-order valence-corrected chi connectivity index (χ1v) is 8.67. The van der Waals surface area contributed by atoms with E-state index >= 15 is 0 Å². The van der Waals surface area contributed by atoms with E-state index in [9.17, 15) is 23.3 Å². The van der Waals surface area contributed by atoms with Crippen LogP contribution in [0.1, 0.15) is 0 Å². The van der Waals surface area contributed by atoms with Gasteiger partial charge < -0.3 is 4.74 Å². The Morgan fingerprint density at radius 2 is 1.80 bits per heavy atom. The standard InChI is InChI=1S/C15H13ClN2O6S/c1-24-15(19)10-17(14-5-3-2-4-13(14)16)25(22,23)12-8-6-11(7-9-12)18(20)21/h2-9H,10H2,1H3. The van der Waals surface area contributed by atoms with Crippen LogP contribution in [0, 0.1) is 10.1 Å². The van der Waals surface area contributed by atoms with Gasteiger partial charge in [-0.25, -0.2) is 8.42 Å². The van der Waals surface area contributed by atoms with Gasteiger partial charge in [0.1, 0.15) is 6.54 Å². The van der Waals surface area contributed by atoms with Crippen molar-refractivity contribution < 1.29 is 22.9 Å². The summed E-state index contributed by atoms with van der Waals surface area (Å²) in [5, 5.41) is 10.8. The van der Waals surface area contributed by atoms with Crippen molar-refractivity contribution in [2.75, 3.05) is 18.0 Å². The fourth-order valence-corrected chi connectivity index (χ4v) is 3.72. The van der Waals surface area contributed by atoms with Gasteiger partial charge in [-0.05, 0) is 24.3 Å². The third kappa shape index (κ3) is 4.06. The lowest BCUT2D eigenvalue weighted by molar-refractivity contribution is -0.384. The summed E-state index contributed by atoms with van der Waals surface area (Å²) >= 11 is 6.06. The molecule has 0 fully saturated rings. The van der Waals surface area contributed by atoms with Gasteiger partial charge in [0.15, 0.2) is 0 Å². The molecule has 0 N–H and O–H groups in total. The maximum absolute atomic E-state index is 12.9. The Morgan fingerprint density at radius 3 is 2.32 bits per heavy atom. The van der Waals surface area contributed by atoms with E-state index in [1.165, 1.54) is 12.1 Å². The zero-order valence-corrected chi connectivity index (χ0v) is 14.5. The number of carbonyl (C=O) groups is 1. The van der Waals surface area contributed by atoms with Crippen LogP contribution in [-0.2, 0) is 19.6 Å². The van der Waals surface area contributed by atoms with E-state index in [-0.39, 0.29) is 21.3 Å². The number of nitro benzene ring substituents is 1. The topological polar surface area (TPSA) is 107 Å². The van der Waals surface area contributed by atoms with Crippen LogP contribution in [0.3, 0.4) is 0 Å². The van der Waals surface area contributed by atoms with Crippen molar-refractivity contribution in [3.8, 4) is 0 Å². The molecule has 0 heterocycles. The zero-order valence-electron chi connectivity index (χ0n) is 13.0. The van der Waals surface area contributed by atoms with Crippen molar-refractivity contribution in [1.82, 2.24) is 0 Å². The van der Waals surface area contributed by atoms with Gasteiger partial charge in [-0.1, -0.05) is 23.7 Å². The molecule has 2 aromatic rings. The molecular formula is C15H13ClN2O6S. The predicted octanol–water partition coefficient (Wildman–Crippen LogP) is 2.62. The first-order valence-electron chi connectivity index (χ1n) is 6.86. The summed E-state index contributed by atoms with van der Waals surface area (Å²) < 4.78 is 31.2. The number of hydrogen-bond acceptors (Lipinski definition) is 6. The first-order chi connectivity index (χ1) is 11.8. The summed E-state index contributed by atoms with van der Waals surface area (Å²) in [6.45, 7) is -0.598. The Morgan fingerprint density at radius 1 is 1.20 bits per heavy atom. The summed E-state index contributed by atoms with van der Waals surface area (Å²) in [4.78, 5) is 21.5. The van der Waals surface area contributed by atoms with Gasteiger partial charge in [0.25, 0.3) is 15.7 Å². The minimum Gasteiger partial charge on any atom is -0.468 e. The Labute approximate surface area is 148 Å². The molecule has 132 valence electrons. The van der Waals surface area contributed by atoms with Crippen molar-refractivity contribution in [2.45, 2.75) is 4.90 Å². The smallest absolute Gasteiger partial charge is 0.326 e. The number of nitrogens with zero attached hydrogens (tertiary/aromatic N) is 2. The minimum atomic E-state index is -4.20. The number of halogens is 1. The lowest BCUT2D eigenvalue weighted by Crippen LogP contribution is -2.36. The summed E-state index contributed by atoms with van der Waals surface area (Å²) in [5.41, 5.74) is -0.163. The van der Waals surface area contributed by atoms with Gasteiger partial charge in [-0.3, -0.25) is 19.2 Å². The third-order valence-electron chi connectivity index (χ3n) is 3.26. The van der Waals surface area contributed by atoms with E-state index in [1.807, 2.05) is 0 Å². The molecule has 0 spiro atoms. The van der Waals surface area contributed by atoms with E-state index in [2.05, 4.69) is 4.74 Å². The highest BCUT2D eigenvalue weighted by Gasteiger charge is 2.29. The second-order valence-electron chi connectivity index (χ2n) is 4.79. The third-order valence-corrected chi connectivity index (χ3v) is 5.35. The van der Waals surface area contributed by atoms with Crippen molar-refractivity contribution >= 4 is 39.0 Å². The fraction of sp³-hybridized carbons (Fsp3) is 0.133. The number of nitro groups is 1. The zero-order chi connectivity index (χ0) is 18.6. The molecule has 0 unspecified atom stereocenters. The number of para-hydroxylation sites is 1. The Kier molecular flexibility index (Phi) is 5.60. The van der Waals surface area contributed by atoms with E-state index < -0.39 is 27.5 Å². The van der Waals surface area contributed by atoms with Crippen LogP contribution in [0.25, 0.3) is 0 Å². The molecule has 0 aliphatic rings. The SMILES string of the molecule is COC(=O)CN(c1ccccc1Cl)S(=O)(=O)c1ccc([N+](=O)[O-])cc1. The average molecular weight is 385 g/mol. The summed E-state index contributed by atoms with van der Waals surface area (Å²) in [5.74, 6) is -0.787. The Balaban J connectivity index is 2.53. The lowest BCUT2D eigenvalue weighted by atomic mass is 10.3. The molecule has 2 rings (SSSR count). The number of sulfonamides is 1. The number of hydrogen-bond donors (Lipinski definition) is 0. The van der Waals surface area contributed by atoms with Gasteiger partial charge in [0, 0.05) is 12.1 Å². The molecule has 0 bridgehead atoms. The summed E-state index contributed by atoms with van der Waals surface area (Å²) in [6.07, 6.45) is 0. The van der Waals surface area contributed by atoms with Crippen LogP contribution < -0.4 is 4.31 Å². The number of methoxy groups -OCH3 is 1. The average Bonchev–Trinajstić information content (AvgIpc) is 2.60. The van der Waals surface area contributed by atoms with Gasteiger partial charge in [0.2, 0.25) is 0 Å². The van der Waals surface area contributed by atoms with Crippen LogP contribution in [0.5, 0.6) is 0 Å². The highest BCUT2D eigenvalue weighted by atomic mass is 35.5. The number of ether oxygens (including phenoxy) is 1. The highest BCUT2D eigenvalue weighted by molar-refractivity contribution is 7.92. The van der Waals surface area contributed by atoms with E-state index in [1.54, 1.807) is 12.1 Å². The molecule has 0 aliphatic heterocycles. The van der Waals surface area contributed by atoms with Crippen molar-refractivity contribution in [3.05, 3.63) is 63.7 Å². The molecule has 0 aliphatic carbocycles. The van der Waals surface area contributed by atoms with Gasteiger partial charge in [-0.15, -0.1) is 0 Å². The van der Waals surface area contributed by atoms with Crippen molar-refractivity contribution in [2.24, 2.45) is 0 Å². The Bertz CT molecular complexity index is 898. The lowest BCUT2D eigenvalue weighted by Gasteiger charge is -2.24. The van der Waals surface area contributed by atoms with Gasteiger partial charge >= 0.3 is 5.97 Å². The molecule has 0 saturated carbocycles. The van der Waals surface area contributed by atoms with Crippen LogP contribution in [0.4, 0.5) is 11.4 Å². The molecule has 10 heteroatoms. The number of non-ortho nitro benzene ring substituents is 1. The molecule has 0 amide bonds. The van der Waals surface area contributed by atoms with E-state index in [0.717, 1.165) is 35.7 Å². The fourth-order valence-electron chi connectivity index (χ4n) is 2.00. The maximum Gasteiger partial charge on any atom is 0.326 e. The minimum absolute atomic E-state index is 0.0907. The molecular weight excluding hydrogens is 372 g/mol. The summed E-state index contributed by atoms with van der Waals surface area (Å²) in [6, 6.07) is 10.4. The van der Waals surface area contributed by atoms with Crippen LogP contribution in [-0.4, -0.2) is 33.0 Å². The van der Waals surface area contributed by atoms with Crippen molar-refractivity contribution in [1.29, 1.82) is 0 Å². The molecule has 0 saturated heterocycles. The van der Waals surface area contributed by atoms with Crippen molar-refractivity contribution in [3.63, 3.8) is 0 Å². The predicted molar refractivity (Wildman–Crippen MR) is 91.1 cm³/mol. The molecule has 0 aromatic heterocycles. The molecule has 0 radical (unpaired) electrons. The number of anilines is 1. The quantitative estimate of drug-likeness (QED) is 0.430. The molecule has 0 atom stereocenters. The monoisotopic (exact) mass is 384 g/mol. The highest BCUT2D eigenvalue weighted by Crippen LogP contribution is 2.30. The van der Waals surface area contributed by atoms with Crippen LogP contribution in [0.2, 0.25) is 5.02 Å². The molecule has 8 nitrogen and oxygen atoms in total. The largest absolute Gasteiger partial charge is 0.468 e. The second-order valence-corrected chi connectivity index (χ2v) is 7.06. The number of esters is 1. The second kappa shape index (κ2) is 7.49. The van der Waals surface area contributed by atoms with Crippen LogP contribution in [0.15, 0.2) is 53.4 Å². The molecule has 2 aromatic carbocycles. The maximum atomic E-state index is 12.9. The van der Waals surface area contributed by atoms with E-state index in [0.29, 0.717) is 0 Å². The van der Waals surface area contributed by atoms with Gasteiger partial charge in [-0.2, -0.15) is 0 Å².